The number of benzene rings is 1. The van der Waals surface area contributed by atoms with Crippen molar-refractivity contribution in [3.63, 3.8) is 0 Å². The maximum atomic E-state index is 12.1. The lowest BCUT2D eigenvalue weighted by molar-refractivity contribution is -0.117. The molecule has 5 nitrogen and oxygen atoms in total. The molecule has 0 aliphatic rings. The van der Waals surface area contributed by atoms with Crippen molar-refractivity contribution in [3.8, 4) is 0 Å². The number of hydrogen-bond donors (Lipinski definition) is 2. The Labute approximate surface area is 123 Å². The van der Waals surface area contributed by atoms with Gasteiger partial charge in [-0.3, -0.25) is 9.59 Å². The molecule has 110 valence electrons. The third-order valence-electron chi connectivity index (χ3n) is 3.33. The summed E-state index contributed by atoms with van der Waals surface area (Å²) in [5.41, 5.74) is 8.16. The van der Waals surface area contributed by atoms with E-state index in [1.165, 1.54) is 10.6 Å². The van der Waals surface area contributed by atoms with Crippen LogP contribution in [0.4, 0.5) is 5.69 Å². The molecule has 0 aliphatic carbocycles. The Balaban J connectivity index is 2.07. The monoisotopic (exact) mass is 285 g/mol. The van der Waals surface area contributed by atoms with E-state index in [9.17, 15) is 9.59 Å². The summed E-state index contributed by atoms with van der Waals surface area (Å²) in [7, 11) is 1.64. The van der Waals surface area contributed by atoms with E-state index in [4.69, 9.17) is 5.73 Å². The summed E-state index contributed by atoms with van der Waals surface area (Å²) < 4.78 is 1.42. The molecule has 1 heterocycles. The molecule has 0 spiro atoms. The van der Waals surface area contributed by atoms with Gasteiger partial charge in [0.25, 0.3) is 5.56 Å². The minimum absolute atomic E-state index is 0.112. The lowest BCUT2D eigenvalue weighted by Gasteiger charge is -2.14. The second kappa shape index (κ2) is 6.37. The predicted octanol–water partition coefficient (Wildman–Crippen LogP) is 1.20. The third kappa shape index (κ3) is 3.79. The van der Waals surface area contributed by atoms with Crippen LogP contribution in [-0.4, -0.2) is 16.5 Å². The van der Waals surface area contributed by atoms with Crippen LogP contribution in [-0.2, 0) is 18.3 Å². The molecule has 0 unspecified atom stereocenters. The second-order valence-electron chi connectivity index (χ2n) is 5.10. The topological polar surface area (TPSA) is 77.1 Å². The van der Waals surface area contributed by atoms with Crippen LogP contribution in [0, 0.1) is 6.92 Å². The fourth-order valence-corrected chi connectivity index (χ4v) is 2.04. The molecule has 0 aliphatic heterocycles. The van der Waals surface area contributed by atoms with Crippen molar-refractivity contribution >= 4 is 11.6 Å². The largest absolute Gasteiger partial charge is 0.323 e. The first-order chi connectivity index (χ1) is 9.97. The zero-order chi connectivity index (χ0) is 15.4. The van der Waals surface area contributed by atoms with Gasteiger partial charge in [0, 0.05) is 19.3 Å². The van der Waals surface area contributed by atoms with E-state index in [1.807, 2.05) is 30.3 Å². The van der Waals surface area contributed by atoms with Crippen molar-refractivity contribution in [2.45, 2.75) is 19.4 Å². The summed E-state index contributed by atoms with van der Waals surface area (Å²) in [6, 6.07) is 10.5. The number of aromatic nitrogens is 1. The number of carbonyl (C=O) groups excluding carboxylic acids is 1. The minimum Gasteiger partial charge on any atom is -0.323 e. The number of amides is 1. The maximum absolute atomic E-state index is 12.1. The number of nitrogens with zero attached hydrogens (tertiary/aromatic N) is 1. The Morgan fingerprint density at radius 3 is 2.67 bits per heavy atom. The molecule has 2 aromatic rings. The van der Waals surface area contributed by atoms with E-state index < -0.39 is 6.04 Å². The van der Waals surface area contributed by atoms with Crippen molar-refractivity contribution < 1.29 is 4.79 Å². The highest BCUT2D eigenvalue weighted by Crippen LogP contribution is 2.11. The van der Waals surface area contributed by atoms with Crippen molar-refractivity contribution in [2.75, 3.05) is 5.32 Å². The first-order valence-electron chi connectivity index (χ1n) is 6.75. The number of carbonyl (C=O) groups is 1. The number of aryl methyl sites for hydroxylation is 2. The zero-order valence-corrected chi connectivity index (χ0v) is 12.2. The van der Waals surface area contributed by atoms with Gasteiger partial charge in [-0.2, -0.15) is 0 Å². The fraction of sp³-hybridized carbons (Fsp3) is 0.250. The van der Waals surface area contributed by atoms with E-state index in [0.29, 0.717) is 12.1 Å². The van der Waals surface area contributed by atoms with Crippen LogP contribution in [0.1, 0.15) is 11.1 Å². The normalized spacial score (nSPS) is 12.0. The molecule has 1 aromatic carbocycles. The average molecular weight is 285 g/mol. The van der Waals surface area contributed by atoms with E-state index in [0.717, 1.165) is 11.1 Å². The van der Waals surface area contributed by atoms with E-state index in [1.54, 1.807) is 20.2 Å². The van der Waals surface area contributed by atoms with Gasteiger partial charge in [-0.1, -0.05) is 30.3 Å². The summed E-state index contributed by atoms with van der Waals surface area (Å²) in [6.07, 6.45) is 2.07. The van der Waals surface area contributed by atoms with E-state index in [2.05, 4.69) is 5.32 Å². The number of pyridine rings is 1. The number of nitrogens with one attached hydrogen (secondary N) is 1. The van der Waals surface area contributed by atoms with Gasteiger partial charge in [0.1, 0.15) is 0 Å². The van der Waals surface area contributed by atoms with Gasteiger partial charge >= 0.3 is 0 Å². The Kier molecular flexibility index (Phi) is 4.55. The third-order valence-corrected chi connectivity index (χ3v) is 3.33. The Hall–Kier alpha value is -2.40. The van der Waals surface area contributed by atoms with Gasteiger partial charge < -0.3 is 15.6 Å². The Morgan fingerprint density at radius 2 is 2.00 bits per heavy atom. The van der Waals surface area contributed by atoms with E-state index >= 15 is 0 Å². The molecule has 0 radical (unpaired) electrons. The van der Waals surface area contributed by atoms with Gasteiger partial charge in [-0.25, -0.2) is 0 Å². The van der Waals surface area contributed by atoms with Crippen LogP contribution in [0.25, 0.3) is 0 Å². The van der Waals surface area contributed by atoms with Crippen LogP contribution in [0.15, 0.2) is 47.4 Å². The molecule has 0 bridgehead atoms. The van der Waals surface area contributed by atoms with Crippen LogP contribution in [0.5, 0.6) is 0 Å². The van der Waals surface area contributed by atoms with Crippen molar-refractivity contribution in [1.82, 2.24) is 4.57 Å². The molecule has 0 saturated heterocycles. The quantitative estimate of drug-likeness (QED) is 0.886. The summed E-state index contributed by atoms with van der Waals surface area (Å²) in [5, 5.41) is 2.77. The summed E-state index contributed by atoms with van der Waals surface area (Å²) in [5.74, 6) is -0.263. The molecule has 1 amide bonds. The molecular formula is C16H19N3O2. The summed E-state index contributed by atoms with van der Waals surface area (Å²) in [6.45, 7) is 1.78. The molecule has 5 heteroatoms. The SMILES string of the molecule is Cc1cc(=O)n(C)cc1NC(=O)[C@@H](N)Cc1ccccc1. The van der Waals surface area contributed by atoms with Crippen LogP contribution in [0.3, 0.4) is 0 Å². The van der Waals surface area contributed by atoms with Crippen molar-refractivity contribution in [3.05, 3.63) is 64.1 Å². The fourth-order valence-electron chi connectivity index (χ4n) is 2.04. The highest BCUT2D eigenvalue weighted by molar-refractivity contribution is 5.95. The van der Waals surface area contributed by atoms with Gasteiger partial charge in [0.2, 0.25) is 5.91 Å². The highest BCUT2D eigenvalue weighted by atomic mass is 16.2. The zero-order valence-electron chi connectivity index (χ0n) is 12.2. The first kappa shape index (κ1) is 15.0. The van der Waals surface area contributed by atoms with Gasteiger partial charge in [-0.15, -0.1) is 0 Å². The van der Waals surface area contributed by atoms with Crippen molar-refractivity contribution in [1.29, 1.82) is 0 Å². The second-order valence-corrected chi connectivity index (χ2v) is 5.10. The molecular weight excluding hydrogens is 266 g/mol. The molecule has 1 aromatic heterocycles. The number of hydrogen-bond acceptors (Lipinski definition) is 3. The molecule has 2 rings (SSSR count). The van der Waals surface area contributed by atoms with Crippen LogP contribution < -0.4 is 16.6 Å². The molecule has 0 saturated carbocycles. The Bertz CT molecular complexity index is 692. The molecule has 21 heavy (non-hydrogen) atoms. The van der Waals surface area contributed by atoms with Crippen molar-refractivity contribution in [2.24, 2.45) is 12.8 Å². The predicted molar refractivity (Wildman–Crippen MR) is 83.2 cm³/mol. The first-order valence-corrected chi connectivity index (χ1v) is 6.75. The standard InChI is InChI=1S/C16H19N3O2/c1-11-8-15(20)19(2)10-14(11)18-16(21)13(17)9-12-6-4-3-5-7-12/h3-8,10,13H,9,17H2,1-2H3,(H,18,21)/t13-/m0/s1. The highest BCUT2D eigenvalue weighted by Gasteiger charge is 2.15. The van der Waals surface area contributed by atoms with E-state index in [-0.39, 0.29) is 11.5 Å². The van der Waals surface area contributed by atoms with Gasteiger partial charge in [-0.05, 0) is 24.5 Å². The number of anilines is 1. The van der Waals surface area contributed by atoms with Gasteiger partial charge in [0.05, 0.1) is 11.7 Å². The Morgan fingerprint density at radius 1 is 1.33 bits per heavy atom. The maximum Gasteiger partial charge on any atom is 0.250 e. The molecule has 0 fully saturated rings. The molecule has 1 atom stereocenters. The number of nitrogens with two attached hydrogens (primary N) is 1. The van der Waals surface area contributed by atoms with Crippen LogP contribution in [0.2, 0.25) is 0 Å². The minimum atomic E-state index is -0.635. The number of rotatable bonds is 4. The lowest BCUT2D eigenvalue weighted by Crippen LogP contribution is -2.37. The van der Waals surface area contributed by atoms with Gasteiger partial charge in [0.15, 0.2) is 0 Å². The summed E-state index contributed by atoms with van der Waals surface area (Å²) in [4.78, 5) is 23.6. The average Bonchev–Trinajstić information content (AvgIpc) is 2.45. The molecule has 3 N–H and O–H groups in total. The summed E-state index contributed by atoms with van der Waals surface area (Å²) >= 11 is 0. The lowest BCUT2D eigenvalue weighted by atomic mass is 10.1. The smallest absolute Gasteiger partial charge is 0.250 e. The van der Waals surface area contributed by atoms with Crippen LogP contribution >= 0.6 is 0 Å².